The standard InChI is InChI=1S/C10H19N3O2S/c1-9(2)13-7-6-12-10(13)11-5-4-8-16(3,14)15/h6-7,9H,4-5,8H2,1-3H3,(H,11,12). The number of rotatable bonds is 6. The summed E-state index contributed by atoms with van der Waals surface area (Å²) in [6.45, 7) is 4.77. The quantitative estimate of drug-likeness (QED) is 0.768. The van der Waals surface area contributed by atoms with E-state index in [0.29, 0.717) is 19.0 Å². The predicted octanol–water partition coefficient (Wildman–Crippen LogP) is 1.31. The molecule has 0 aliphatic rings. The van der Waals surface area contributed by atoms with E-state index in [1.54, 1.807) is 6.20 Å². The Morgan fingerprint density at radius 2 is 2.19 bits per heavy atom. The molecule has 0 saturated heterocycles. The minimum atomic E-state index is -2.86. The minimum Gasteiger partial charge on any atom is -0.356 e. The van der Waals surface area contributed by atoms with Gasteiger partial charge in [-0.3, -0.25) is 0 Å². The van der Waals surface area contributed by atoms with Crippen LogP contribution in [0, 0.1) is 0 Å². The molecule has 6 heteroatoms. The molecule has 0 aromatic carbocycles. The van der Waals surface area contributed by atoms with Crippen molar-refractivity contribution < 1.29 is 8.42 Å². The largest absolute Gasteiger partial charge is 0.356 e. The fourth-order valence-corrected chi connectivity index (χ4v) is 2.07. The van der Waals surface area contributed by atoms with Crippen LogP contribution in [0.3, 0.4) is 0 Å². The summed E-state index contributed by atoms with van der Waals surface area (Å²) in [5, 5.41) is 3.13. The maximum Gasteiger partial charge on any atom is 0.203 e. The number of anilines is 1. The molecule has 0 atom stereocenters. The van der Waals surface area contributed by atoms with Gasteiger partial charge in [0.1, 0.15) is 9.84 Å². The van der Waals surface area contributed by atoms with E-state index in [1.165, 1.54) is 6.26 Å². The van der Waals surface area contributed by atoms with Crippen molar-refractivity contribution in [3.8, 4) is 0 Å². The van der Waals surface area contributed by atoms with E-state index in [2.05, 4.69) is 24.1 Å². The topological polar surface area (TPSA) is 64.0 Å². The van der Waals surface area contributed by atoms with Gasteiger partial charge < -0.3 is 9.88 Å². The summed E-state index contributed by atoms with van der Waals surface area (Å²) in [6, 6.07) is 0.347. The number of imidazole rings is 1. The molecular weight excluding hydrogens is 226 g/mol. The van der Waals surface area contributed by atoms with Crippen LogP contribution < -0.4 is 5.32 Å². The van der Waals surface area contributed by atoms with Crippen LogP contribution in [0.4, 0.5) is 5.95 Å². The van der Waals surface area contributed by atoms with E-state index in [4.69, 9.17) is 0 Å². The summed E-state index contributed by atoms with van der Waals surface area (Å²) in [6.07, 6.45) is 5.49. The lowest BCUT2D eigenvalue weighted by Crippen LogP contribution is -2.13. The molecule has 1 N–H and O–H groups in total. The smallest absolute Gasteiger partial charge is 0.203 e. The van der Waals surface area contributed by atoms with Crippen molar-refractivity contribution in [2.45, 2.75) is 26.3 Å². The molecule has 0 aliphatic carbocycles. The summed E-state index contributed by atoms with van der Waals surface area (Å²) in [5.41, 5.74) is 0. The molecule has 5 nitrogen and oxygen atoms in total. The molecule has 1 aromatic rings. The lowest BCUT2D eigenvalue weighted by molar-refractivity contribution is 0.597. The highest BCUT2D eigenvalue weighted by Gasteiger charge is 2.05. The monoisotopic (exact) mass is 245 g/mol. The van der Waals surface area contributed by atoms with Gasteiger partial charge >= 0.3 is 0 Å². The van der Waals surface area contributed by atoms with Gasteiger partial charge in [0.15, 0.2) is 0 Å². The van der Waals surface area contributed by atoms with Crippen molar-refractivity contribution in [2.75, 3.05) is 23.9 Å². The van der Waals surface area contributed by atoms with Crippen LogP contribution in [0.5, 0.6) is 0 Å². The van der Waals surface area contributed by atoms with Crippen molar-refractivity contribution >= 4 is 15.8 Å². The van der Waals surface area contributed by atoms with Crippen molar-refractivity contribution in [3.05, 3.63) is 12.4 Å². The van der Waals surface area contributed by atoms with E-state index in [0.717, 1.165) is 5.95 Å². The Labute approximate surface area is 96.8 Å². The van der Waals surface area contributed by atoms with Crippen molar-refractivity contribution in [1.82, 2.24) is 9.55 Å². The second kappa shape index (κ2) is 5.34. The Balaban J connectivity index is 2.40. The summed E-state index contributed by atoms with van der Waals surface area (Å²) >= 11 is 0. The zero-order chi connectivity index (χ0) is 12.2. The average Bonchev–Trinajstić information content (AvgIpc) is 2.58. The maximum absolute atomic E-state index is 10.9. The molecule has 1 heterocycles. The second-order valence-corrected chi connectivity index (χ2v) is 6.42. The molecule has 92 valence electrons. The van der Waals surface area contributed by atoms with Crippen LogP contribution in [0.1, 0.15) is 26.3 Å². The summed E-state index contributed by atoms with van der Waals surface area (Å²) in [7, 11) is -2.86. The van der Waals surface area contributed by atoms with Gasteiger partial charge in [-0.1, -0.05) is 0 Å². The number of hydrogen-bond donors (Lipinski definition) is 1. The zero-order valence-corrected chi connectivity index (χ0v) is 10.8. The minimum absolute atomic E-state index is 0.211. The number of nitrogens with one attached hydrogen (secondary N) is 1. The van der Waals surface area contributed by atoms with Crippen LogP contribution in [0.15, 0.2) is 12.4 Å². The first-order chi connectivity index (χ1) is 7.40. The van der Waals surface area contributed by atoms with Crippen molar-refractivity contribution in [3.63, 3.8) is 0 Å². The zero-order valence-electron chi connectivity index (χ0n) is 9.97. The first-order valence-electron chi connectivity index (χ1n) is 5.34. The highest BCUT2D eigenvalue weighted by Crippen LogP contribution is 2.12. The Hall–Kier alpha value is -1.04. The van der Waals surface area contributed by atoms with Crippen LogP contribution in [-0.2, 0) is 9.84 Å². The third-order valence-corrected chi connectivity index (χ3v) is 3.23. The predicted molar refractivity (Wildman–Crippen MR) is 65.4 cm³/mol. The Kier molecular flexibility index (Phi) is 4.35. The molecule has 0 bridgehead atoms. The highest BCUT2D eigenvalue weighted by atomic mass is 32.2. The molecule has 0 radical (unpaired) electrons. The maximum atomic E-state index is 10.9. The molecule has 0 amide bonds. The van der Waals surface area contributed by atoms with Gasteiger partial charge in [0, 0.05) is 31.2 Å². The first kappa shape index (κ1) is 13.0. The molecule has 0 aliphatic heterocycles. The second-order valence-electron chi connectivity index (χ2n) is 4.16. The normalized spacial score (nSPS) is 12.0. The molecule has 0 fully saturated rings. The van der Waals surface area contributed by atoms with Crippen LogP contribution in [0.2, 0.25) is 0 Å². The van der Waals surface area contributed by atoms with Crippen LogP contribution >= 0.6 is 0 Å². The van der Waals surface area contributed by atoms with Gasteiger partial charge in [0.25, 0.3) is 0 Å². The molecule has 0 unspecified atom stereocenters. The molecular formula is C10H19N3O2S. The van der Waals surface area contributed by atoms with E-state index in [9.17, 15) is 8.42 Å². The molecule has 0 spiro atoms. The third-order valence-electron chi connectivity index (χ3n) is 2.20. The molecule has 1 rings (SSSR count). The van der Waals surface area contributed by atoms with E-state index in [1.807, 2.05) is 10.8 Å². The van der Waals surface area contributed by atoms with Gasteiger partial charge in [0.2, 0.25) is 5.95 Å². The summed E-state index contributed by atoms with van der Waals surface area (Å²) < 4.78 is 23.9. The van der Waals surface area contributed by atoms with Crippen LogP contribution in [-0.4, -0.2) is 36.5 Å². The fraction of sp³-hybridized carbons (Fsp3) is 0.700. The molecule has 0 saturated carbocycles. The number of nitrogens with zero attached hydrogens (tertiary/aromatic N) is 2. The Morgan fingerprint density at radius 1 is 1.50 bits per heavy atom. The van der Waals surface area contributed by atoms with Crippen molar-refractivity contribution in [2.24, 2.45) is 0 Å². The fourth-order valence-electron chi connectivity index (χ4n) is 1.40. The van der Waals surface area contributed by atoms with E-state index >= 15 is 0 Å². The average molecular weight is 245 g/mol. The van der Waals surface area contributed by atoms with Crippen LogP contribution in [0.25, 0.3) is 0 Å². The number of hydrogen-bond acceptors (Lipinski definition) is 4. The first-order valence-corrected chi connectivity index (χ1v) is 7.40. The van der Waals surface area contributed by atoms with Gasteiger partial charge in [0.05, 0.1) is 5.75 Å². The van der Waals surface area contributed by atoms with E-state index < -0.39 is 9.84 Å². The SMILES string of the molecule is CC(C)n1ccnc1NCCCS(C)(=O)=O. The Bertz CT molecular complexity index is 423. The van der Waals surface area contributed by atoms with Gasteiger partial charge in [-0.25, -0.2) is 13.4 Å². The van der Waals surface area contributed by atoms with E-state index in [-0.39, 0.29) is 5.75 Å². The Morgan fingerprint density at radius 3 is 2.75 bits per heavy atom. The lowest BCUT2D eigenvalue weighted by Gasteiger charge is -2.12. The van der Waals surface area contributed by atoms with Gasteiger partial charge in [-0.05, 0) is 20.3 Å². The number of sulfone groups is 1. The lowest BCUT2D eigenvalue weighted by atomic mass is 10.4. The number of aromatic nitrogens is 2. The van der Waals surface area contributed by atoms with Gasteiger partial charge in [-0.2, -0.15) is 0 Å². The summed E-state index contributed by atoms with van der Waals surface area (Å²) in [5.74, 6) is 1.01. The molecule has 1 aromatic heterocycles. The van der Waals surface area contributed by atoms with Crippen molar-refractivity contribution in [1.29, 1.82) is 0 Å². The summed E-state index contributed by atoms with van der Waals surface area (Å²) in [4.78, 5) is 4.17. The van der Waals surface area contributed by atoms with Gasteiger partial charge in [-0.15, -0.1) is 0 Å². The highest BCUT2D eigenvalue weighted by molar-refractivity contribution is 7.90. The molecule has 16 heavy (non-hydrogen) atoms. The third kappa shape index (κ3) is 4.22.